The maximum Gasteiger partial charge on any atom is 0.123 e. The summed E-state index contributed by atoms with van der Waals surface area (Å²) in [5.74, 6) is 0.771. The number of rotatable bonds is 4. The molecule has 0 bridgehead atoms. The van der Waals surface area contributed by atoms with Gasteiger partial charge in [0.1, 0.15) is 11.6 Å². The van der Waals surface area contributed by atoms with Crippen LogP contribution in [-0.4, -0.2) is 9.55 Å². The fourth-order valence-electron chi connectivity index (χ4n) is 1.92. The Balaban J connectivity index is 2.32. The molecule has 1 aromatic heterocycles. The Labute approximate surface area is 100 Å². The van der Waals surface area contributed by atoms with E-state index in [4.69, 9.17) is 5.73 Å². The predicted octanol–water partition coefficient (Wildman–Crippen LogP) is 2.09. The van der Waals surface area contributed by atoms with E-state index in [0.29, 0.717) is 13.1 Å². The molecule has 17 heavy (non-hydrogen) atoms. The van der Waals surface area contributed by atoms with Crippen molar-refractivity contribution in [2.75, 3.05) is 0 Å². The van der Waals surface area contributed by atoms with Crippen LogP contribution in [0.2, 0.25) is 0 Å². The largest absolute Gasteiger partial charge is 0.331 e. The molecule has 0 fully saturated rings. The van der Waals surface area contributed by atoms with E-state index >= 15 is 0 Å². The Morgan fingerprint density at radius 2 is 2.18 bits per heavy atom. The van der Waals surface area contributed by atoms with Gasteiger partial charge in [-0.15, -0.1) is 0 Å². The molecule has 4 heteroatoms. The minimum absolute atomic E-state index is 0.227. The van der Waals surface area contributed by atoms with Gasteiger partial charge in [0.2, 0.25) is 0 Å². The summed E-state index contributed by atoms with van der Waals surface area (Å²) in [6.45, 7) is 3.09. The van der Waals surface area contributed by atoms with Gasteiger partial charge in [0, 0.05) is 31.9 Å². The second-order valence-corrected chi connectivity index (χ2v) is 3.94. The van der Waals surface area contributed by atoms with Crippen molar-refractivity contribution in [3.8, 4) is 0 Å². The van der Waals surface area contributed by atoms with Gasteiger partial charge in [-0.2, -0.15) is 0 Å². The molecule has 0 saturated carbocycles. The molecule has 2 aromatic rings. The van der Waals surface area contributed by atoms with Crippen LogP contribution >= 0.6 is 0 Å². The van der Waals surface area contributed by atoms with Gasteiger partial charge in [-0.25, -0.2) is 9.37 Å². The molecule has 0 unspecified atom stereocenters. The van der Waals surface area contributed by atoms with E-state index in [-0.39, 0.29) is 5.82 Å². The zero-order chi connectivity index (χ0) is 12.3. The second kappa shape index (κ2) is 5.10. The highest BCUT2D eigenvalue weighted by atomic mass is 19.1. The molecule has 0 radical (unpaired) electrons. The summed E-state index contributed by atoms with van der Waals surface area (Å²) in [6, 6.07) is 4.73. The number of hydrogen-bond donors (Lipinski definition) is 1. The zero-order valence-corrected chi connectivity index (χ0v) is 9.86. The summed E-state index contributed by atoms with van der Waals surface area (Å²) in [5.41, 5.74) is 7.54. The number of halogens is 1. The van der Waals surface area contributed by atoms with E-state index in [0.717, 1.165) is 23.4 Å². The van der Waals surface area contributed by atoms with Crippen molar-refractivity contribution >= 4 is 0 Å². The molecule has 1 aromatic carbocycles. The standard InChI is InChI=1S/C13H16FN3/c1-2-13-16-5-6-17(13)9-11-7-12(14)4-3-10(11)8-15/h3-7H,2,8-9,15H2,1H3. The Kier molecular flexibility index (Phi) is 3.54. The van der Waals surface area contributed by atoms with Crippen LogP contribution in [0.3, 0.4) is 0 Å². The lowest BCUT2D eigenvalue weighted by Gasteiger charge is -2.10. The molecule has 2 rings (SSSR count). The van der Waals surface area contributed by atoms with E-state index in [1.807, 2.05) is 17.7 Å². The van der Waals surface area contributed by atoms with Gasteiger partial charge in [0.15, 0.2) is 0 Å². The molecule has 0 amide bonds. The number of aryl methyl sites for hydroxylation is 1. The Hall–Kier alpha value is -1.68. The fourth-order valence-corrected chi connectivity index (χ4v) is 1.92. The fraction of sp³-hybridized carbons (Fsp3) is 0.308. The third kappa shape index (κ3) is 2.53. The predicted molar refractivity (Wildman–Crippen MR) is 65.0 cm³/mol. The van der Waals surface area contributed by atoms with E-state index in [9.17, 15) is 4.39 Å². The SMILES string of the molecule is CCc1nccn1Cc1cc(F)ccc1CN. The molecule has 2 N–H and O–H groups in total. The normalized spacial score (nSPS) is 10.8. The van der Waals surface area contributed by atoms with E-state index in [1.165, 1.54) is 6.07 Å². The first-order valence-electron chi connectivity index (χ1n) is 5.72. The quantitative estimate of drug-likeness (QED) is 0.878. The van der Waals surface area contributed by atoms with E-state index in [1.54, 1.807) is 18.3 Å². The summed E-state index contributed by atoms with van der Waals surface area (Å²) >= 11 is 0. The molecule has 3 nitrogen and oxygen atoms in total. The minimum atomic E-state index is -0.227. The van der Waals surface area contributed by atoms with E-state index < -0.39 is 0 Å². The van der Waals surface area contributed by atoms with Gasteiger partial charge >= 0.3 is 0 Å². The van der Waals surface area contributed by atoms with Crippen LogP contribution in [0.25, 0.3) is 0 Å². The highest BCUT2D eigenvalue weighted by molar-refractivity contribution is 5.28. The number of aromatic nitrogens is 2. The summed E-state index contributed by atoms with van der Waals surface area (Å²) in [5, 5.41) is 0. The van der Waals surface area contributed by atoms with Crippen LogP contribution in [-0.2, 0) is 19.5 Å². The lowest BCUT2D eigenvalue weighted by Crippen LogP contribution is -2.08. The van der Waals surface area contributed by atoms with Crippen LogP contribution in [0.5, 0.6) is 0 Å². The lowest BCUT2D eigenvalue weighted by molar-refractivity contribution is 0.620. The highest BCUT2D eigenvalue weighted by Crippen LogP contribution is 2.13. The molecule has 1 heterocycles. The van der Waals surface area contributed by atoms with Crippen LogP contribution in [0.1, 0.15) is 23.9 Å². The second-order valence-electron chi connectivity index (χ2n) is 3.94. The summed E-state index contributed by atoms with van der Waals surface area (Å²) in [6.07, 6.45) is 4.53. The van der Waals surface area contributed by atoms with Crippen molar-refractivity contribution in [3.63, 3.8) is 0 Å². The van der Waals surface area contributed by atoms with Crippen molar-refractivity contribution in [2.45, 2.75) is 26.4 Å². The van der Waals surface area contributed by atoms with Crippen molar-refractivity contribution in [2.24, 2.45) is 5.73 Å². The summed E-state index contributed by atoms with van der Waals surface area (Å²) in [7, 11) is 0. The average molecular weight is 233 g/mol. The van der Waals surface area contributed by atoms with Crippen LogP contribution in [0, 0.1) is 5.82 Å². The minimum Gasteiger partial charge on any atom is -0.331 e. The number of nitrogens with zero attached hydrogens (tertiary/aromatic N) is 2. The first-order chi connectivity index (χ1) is 8.24. The van der Waals surface area contributed by atoms with Gasteiger partial charge < -0.3 is 10.3 Å². The maximum atomic E-state index is 13.2. The lowest BCUT2D eigenvalue weighted by atomic mass is 10.1. The van der Waals surface area contributed by atoms with Gasteiger partial charge in [0.05, 0.1) is 0 Å². The van der Waals surface area contributed by atoms with Gasteiger partial charge in [-0.3, -0.25) is 0 Å². The number of hydrogen-bond acceptors (Lipinski definition) is 2. The van der Waals surface area contributed by atoms with Crippen LogP contribution in [0.15, 0.2) is 30.6 Å². The highest BCUT2D eigenvalue weighted by Gasteiger charge is 2.06. The van der Waals surface area contributed by atoms with Gasteiger partial charge in [0.25, 0.3) is 0 Å². The van der Waals surface area contributed by atoms with Gasteiger partial charge in [-0.1, -0.05) is 13.0 Å². The van der Waals surface area contributed by atoms with Crippen LogP contribution < -0.4 is 5.73 Å². The van der Waals surface area contributed by atoms with Crippen molar-refractivity contribution in [1.82, 2.24) is 9.55 Å². The Morgan fingerprint density at radius 3 is 2.88 bits per heavy atom. The molecular formula is C13H16FN3. The maximum absolute atomic E-state index is 13.2. The van der Waals surface area contributed by atoms with Crippen molar-refractivity contribution < 1.29 is 4.39 Å². The molecular weight excluding hydrogens is 217 g/mol. The molecule has 0 aliphatic carbocycles. The summed E-state index contributed by atoms with van der Waals surface area (Å²) in [4.78, 5) is 4.25. The molecule has 0 aliphatic rings. The average Bonchev–Trinajstić information content (AvgIpc) is 2.77. The molecule has 0 saturated heterocycles. The van der Waals surface area contributed by atoms with Gasteiger partial charge in [-0.05, 0) is 23.3 Å². The third-order valence-corrected chi connectivity index (χ3v) is 2.85. The third-order valence-electron chi connectivity index (χ3n) is 2.85. The van der Waals surface area contributed by atoms with Crippen molar-refractivity contribution in [3.05, 3.63) is 53.4 Å². The Morgan fingerprint density at radius 1 is 1.35 bits per heavy atom. The molecule has 0 atom stereocenters. The first-order valence-corrected chi connectivity index (χ1v) is 5.72. The summed E-state index contributed by atoms with van der Waals surface area (Å²) < 4.78 is 15.3. The topological polar surface area (TPSA) is 43.8 Å². The van der Waals surface area contributed by atoms with Crippen molar-refractivity contribution in [1.29, 1.82) is 0 Å². The Bertz CT molecular complexity index is 505. The zero-order valence-electron chi connectivity index (χ0n) is 9.86. The number of imidazole rings is 1. The number of benzene rings is 1. The molecule has 90 valence electrons. The smallest absolute Gasteiger partial charge is 0.123 e. The number of nitrogens with two attached hydrogens (primary N) is 1. The monoisotopic (exact) mass is 233 g/mol. The van der Waals surface area contributed by atoms with Crippen LogP contribution in [0.4, 0.5) is 4.39 Å². The molecule has 0 aliphatic heterocycles. The first kappa shape index (κ1) is 11.8. The molecule has 0 spiro atoms. The van der Waals surface area contributed by atoms with E-state index in [2.05, 4.69) is 4.98 Å².